The maximum atomic E-state index is 5.58. The third-order valence-corrected chi connectivity index (χ3v) is 4.09. The molecule has 1 saturated heterocycles. The van der Waals surface area contributed by atoms with Crippen molar-refractivity contribution in [3.63, 3.8) is 0 Å². The van der Waals surface area contributed by atoms with E-state index in [2.05, 4.69) is 51.6 Å². The van der Waals surface area contributed by atoms with Crippen LogP contribution in [0.1, 0.15) is 25.3 Å². The summed E-state index contributed by atoms with van der Waals surface area (Å²) < 4.78 is 7.40. The maximum absolute atomic E-state index is 5.58. The van der Waals surface area contributed by atoms with E-state index in [1.54, 1.807) is 0 Å². The Labute approximate surface area is 131 Å². The van der Waals surface area contributed by atoms with E-state index in [1.165, 1.54) is 12.0 Å². The number of nitrogens with zero attached hydrogens (tertiary/aromatic N) is 5. The minimum atomic E-state index is 0.553. The van der Waals surface area contributed by atoms with Crippen LogP contribution in [0.2, 0.25) is 0 Å². The van der Waals surface area contributed by atoms with Crippen LogP contribution in [0.15, 0.2) is 24.3 Å². The number of rotatable bonds is 5. The summed E-state index contributed by atoms with van der Waals surface area (Å²) >= 11 is 0. The molecule has 118 valence electrons. The highest BCUT2D eigenvalue weighted by molar-refractivity contribution is 5.42. The average Bonchev–Trinajstić information content (AvgIpc) is 3.03. The first-order valence-electron chi connectivity index (χ1n) is 7.96. The highest BCUT2D eigenvalue weighted by atomic mass is 16.5. The van der Waals surface area contributed by atoms with Gasteiger partial charge in [-0.2, -0.15) is 4.68 Å². The molecule has 0 N–H and O–H groups in total. The van der Waals surface area contributed by atoms with Gasteiger partial charge < -0.3 is 9.64 Å². The van der Waals surface area contributed by atoms with Gasteiger partial charge in [0.05, 0.1) is 12.3 Å². The Morgan fingerprint density at radius 2 is 2.09 bits per heavy atom. The summed E-state index contributed by atoms with van der Waals surface area (Å²) in [5.74, 6) is 1.38. The monoisotopic (exact) mass is 301 g/mol. The number of aromatic nitrogens is 4. The summed E-state index contributed by atoms with van der Waals surface area (Å²) in [6.45, 7) is 7.66. The lowest BCUT2D eigenvalue weighted by atomic mass is 9.99. The quantitative estimate of drug-likeness (QED) is 0.847. The van der Waals surface area contributed by atoms with Crippen LogP contribution < -0.4 is 4.90 Å². The SMILES string of the molecule is CCOCC1CCCN(c2nnnn2-c2ccc(C)cc2)C1. The first-order chi connectivity index (χ1) is 10.8. The van der Waals surface area contributed by atoms with E-state index in [1.807, 2.05) is 11.6 Å². The number of ether oxygens (including phenoxy) is 1. The van der Waals surface area contributed by atoms with Gasteiger partial charge in [0, 0.05) is 19.7 Å². The van der Waals surface area contributed by atoms with Crippen LogP contribution >= 0.6 is 0 Å². The van der Waals surface area contributed by atoms with Crippen molar-refractivity contribution in [3.8, 4) is 5.69 Å². The number of benzene rings is 1. The van der Waals surface area contributed by atoms with Crippen molar-refractivity contribution in [1.82, 2.24) is 20.2 Å². The largest absolute Gasteiger partial charge is 0.381 e. The van der Waals surface area contributed by atoms with E-state index in [4.69, 9.17) is 4.74 Å². The number of piperidine rings is 1. The van der Waals surface area contributed by atoms with Gasteiger partial charge in [-0.15, -0.1) is 0 Å². The molecule has 1 aromatic heterocycles. The van der Waals surface area contributed by atoms with Crippen LogP contribution in [0.3, 0.4) is 0 Å². The van der Waals surface area contributed by atoms with Crippen LogP contribution in [0.4, 0.5) is 5.95 Å². The predicted molar refractivity (Wildman–Crippen MR) is 85.3 cm³/mol. The summed E-state index contributed by atoms with van der Waals surface area (Å²) in [5.41, 5.74) is 2.23. The second-order valence-corrected chi connectivity index (χ2v) is 5.84. The first kappa shape index (κ1) is 15.0. The van der Waals surface area contributed by atoms with Crippen molar-refractivity contribution in [2.45, 2.75) is 26.7 Å². The molecular weight excluding hydrogens is 278 g/mol. The molecule has 0 spiro atoms. The number of tetrazole rings is 1. The van der Waals surface area contributed by atoms with Gasteiger partial charge in [0.15, 0.2) is 0 Å². The second kappa shape index (κ2) is 6.87. The van der Waals surface area contributed by atoms with E-state index < -0.39 is 0 Å². The van der Waals surface area contributed by atoms with Gasteiger partial charge in [-0.25, -0.2) is 0 Å². The van der Waals surface area contributed by atoms with Crippen molar-refractivity contribution in [2.24, 2.45) is 5.92 Å². The fraction of sp³-hybridized carbons (Fsp3) is 0.562. The summed E-state index contributed by atoms with van der Waals surface area (Å²) in [4.78, 5) is 2.27. The zero-order valence-corrected chi connectivity index (χ0v) is 13.3. The van der Waals surface area contributed by atoms with E-state index in [9.17, 15) is 0 Å². The van der Waals surface area contributed by atoms with Gasteiger partial charge in [-0.3, -0.25) is 0 Å². The minimum Gasteiger partial charge on any atom is -0.381 e. The van der Waals surface area contributed by atoms with Crippen molar-refractivity contribution >= 4 is 5.95 Å². The smallest absolute Gasteiger partial charge is 0.250 e. The molecule has 1 aliphatic heterocycles. The summed E-state index contributed by atoms with van der Waals surface area (Å²) in [6, 6.07) is 8.26. The molecule has 0 bridgehead atoms. The zero-order valence-electron chi connectivity index (χ0n) is 13.3. The molecule has 0 radical (unpaired) electrons. The van der Waals surface area contributed by atoms with Gasteiger partial charge in [0.25, 0.3) is 0 Å². The molecule has 1 unspecified atom stereocenters. The van der Waals surface area contributed by atoms with Gasteiger partial charge >= 0.3 is 0 Å². The summed E-state index contributed by atoms with van der Waals surface area (Å²) in [5, 5.41) is 12.3. The Morgan fingerprint density at radius 1 is 1.27 bits per heavy atom. The van der Waals surface area contributed by atoms with Crippen molar-refractivity contribution in [1.29, 1.82) is 0 Å². The number of anilines is 1. The number of aryl methyl sites for hydroxylation is 1. The molecule has 2 aromatic rings. The Morgan fingerprint density at radius 3 is 2.86 bits per heavy atom. The van der Waals surface area contributed by atoms with E-state index in [-0.39, 0.29) is 0 Å². The lowest BCUT2D eigenvalue weighted by molar-refractivity contribution is 0.104. The fourth-order valence-electron chi connectivity index (χ4n) is 2.90. The lowest BCUT2D eigenvalue weighted by Gasteiger charge is -2.32. The minimum absolute atomic E-state index is 0.553. The van der Waals surface area contributed by atoms with Crippen LogP contribution in [0.25, 0.3) is 5.69 Å². The highest BCUT2D eigenvalue weighted by Gasteiger charge is 2.24. The Hall–Kier alpha value is -1.95. The van der Waals surface area contributed by atoms with E-state index in [0.717, 1.165) is 44.4 Å². The normalized spacial score (nSPS) is 18.6. The van der Waals surface area contributed by atoms with Gasteiger partial charge in [-0.1, -0.05) is 22.8 Å². The van der Waals surface area contributed by atoms with Crippen LogP contribution in [-0.4, -0.2) is 46.5 Å². The number of hydrogen-bond acceptors (Lipinski definition) is 5. The summed E-state index contributed by atoms with van der Waals surface area (Å²) in [6.07, 6.45) is 2.36. The van der Waals surface area contributed by atoms with Crippen molar-refractivity contribution < 1.29 is 4.74 Å². The van der Waals surface area contributed by atoms with Crippen molar-refractivity contribution in [3.05, 3.63) is 29.8 Å². The third kappa shape index (κ3) is 3.27. The average molecular weight is 301 g/mol. The molecule has 1 aliphatic rings. The Balaban J connectivity index is 1.77. The van der Waals surface area contributed by atoms with Gasteiger partial charge in [0.1, 0.15) is 0 Å². The molecule has 0 amide bonds. The van der Waals surface area contributed by atoms with Gasteiger partial charge in [0.2, 0.25) is 5.95 Å². The van der Waals surface area contributed by atoms with Crippen molar-refractivity contribution in [2.75, 3.05) is 31.2 Å². The molecule has 6 heteroatoms. The van der Waals surface area contributed by atoms with Crippen LogP contribution in [-0.2, 0) is 4.74 Å². The first-order valence-corrected chi connectivity index (χ1v) is 7.96. The Kier molecular flexibility index (Phi) is 4.68. The lowest BCUT2D eigenvalue weighted by Crippen LogP contribution is -2.38. The molecule has 0 saturated carbocycles. The zero-order chi connectivity index (χ0) is 15.4. The fourth-order valence-corrected chi connectivity index (χ4v) is 2.90. The predicted octanol–water partition coefficient (Wildman–Crippen LogP) is 2.22. The summed E-state index contributed by atoms with van der Waals surface area (Å²) in [7, 11) is 0. The molecule has 2 heterocycles. The molecular formula is C16H23N5O. The highest BCUT2D eigenvalue weighted by Crippen LogP contribution is 2.23. The van der Waals surface area contributed by atoms with Gasteiger partial charge in [-0.05, 0) is 55.2 Å². The molecule has 22 heavy (non-hydrogen) atoms. The molecule has 1 aromatic carbocycles. The van der Waals surface area contributed by atoms with Crippen LogP contribution in [0.5, 0.6) is 0 Å². The molecule has 1 fully saturated rings. The van der Waals surface area contributed by atoms with E-state index in [0.29, 0.717) is 5.92 Å². The number of hydrogen-bond donors (Lipinski definition) is 0. The van der Waals surface area contributed by atoms with E-state index >= 15 is 0 Å². The Bertz CT molecular complexity index is 595. The third-order valence-electron chi connectivity index (χ3n) is 4.09. The second-order valence-electron chi connectivity index (χ2n) is 5.84. The molecule has 3 rings (SSSR count). The standard InChI is InChI=1S/C16H23N5O/c1-3-22-12-14-5-4-10-20(11-14)16-17-18-19-21(16)15-8-6-13(2)7-9-15/h6-9,14H,3-5,10-12H2,1-2H3. The topological polar surface area (TPSA) is 56.1 Å². The molecule has 0 aliphatic carbocycles. The van der Waals surface area contributed by atoms with Crippen LogP contribution in [0, 0.1) is 12.8 Å². The maximum Gasteiger partial charge on any atom is 0.250 e. The molecule has 6 nitrogen and oxygen atoms in total. The molecule has 1 atom stereocenters.